The van der Waals surface area contributed by atoms with Gasteiger partial charge in [0.25, 0.3) is 0 Å². The first kappa shape index (κ1) is 20.2. The maximum absolute atomic E-state index is 11.1. The summed E-state index contributed by atoms with van der Waals surface area (Å²) in [5, 5.41) is 32.8. The van der Waals surface area contributed by atoms with Gasteiger partial charge in [-0.2, -0.15) is 0 Å². The van der Waals surface area contributed by atoms with Crippen LogP contribution in [0.2, 0.25) is 0 Å². The Balaban J connectivity index is 1.88. The molecule has 0 radical (unpaired) electrons. The van der Waals surface area contributed by atoms with Crippen molar-refractivity contribution in [2.75, 3.05) is 7.11 Å². The van der Waals surface area contributed by atoms with Crippen molar-refractivity contribution in [1.82, 2.24) is 0 Å². The smallest absolute Gasteiger partial charge is 0.219 e. The summed E-state index contributed by atoms with van der Waals surface area (Å²) < 4.78 is 5.27. The van der Waals surface area contributed by atoms with E-state index in [1.165, 1.54) is 7.11 Å². The van der Waals surface area contributed by atoms with Gasteiger partial charge in [-0.05, 0) is 11.1 Å². The summed E-state index contributed by atoms with van der Waals surface area (Å²) in [5.41, 5.74) is 2.32. The van der Waals surface area contributed by atoms with Gasteiger partial charge in [-0.1, -0.05) is 91.0 Å². The van der Waals surface area contributed by atoms with Crippen molar-refractivity contribution in [3.8, 4) is 0 Å². The van der Waals surface area contributed by atoms with Crippen molar-refractivity contribution in [2.24, 2.45) is 0 Å². The molecule has 3 N–H and O–H groups in total. The number of rotatable bonds is 8. The Morgan fingerprint density at radius 1 is 0.750 bits per heavy atom. The maximum Gasteiger partial charge on any atom is 0.219 e. The van der Waals surface area contributed by atoms with Crippen LogP contribution in [-0.2, 0) is 10.5 Å². The first-order chi connectivity index (χ1) is 13.6. The molecule has 3 aromatic carbocycles. The summed E-state index contributed by atoms with van der Waals surface area (Å²) in [5.74, 6) is -2.24. The normalized spacial score (nSPS) is 15.8. The van der Waals surface area contributed by atoms with E-state index in [0.29, 0.717) is 5.56 Å². The topological polar surface area (TPSA) is 69.9 Å². The standard InChI is InChI=1S/C24H26O4/c1-28-24(27,20-15-9-4-10-16-20)22(26)17-21(25)23(18-11-5-2-6-12-18)19-13-7-3-8-14-19/h2-16,21-23,25-27H,17H2,1H3. The lowest BCUT2D eigenvalue weighted by molar-refractivity contribution is -0.257. The molecule has 0 saturated heterocycles. The van der Waals surface area contributed by atoms with E-state index in [2.05, 4.69) is 0 Å². The predicted molar refractivity (Wildman–Crippen MR) is 109 cm³/mol. The molecular formula is C24H26O4. The molecule has 0 heterocycles. The molecule has 0 aliphatic rings. The first-order valence-corrected chi connectivity index (χ1v) is 9.35. The molecule has 0 bridgehead atoms. The highest BCUT2D eigenvalue weighted by molar-refractivity contribution is 5.34. The third kappa shape index (κ3) is 4.32. The molecular weight excluding hydrogens is 352 g/mol. The van der Waals surface area contributed by atoms with Crippen LogP contribution in [0.25, 0.3) is 0 Å². The second kappa shape index (κ2) is 9.13. The lowest BCUT2D eigenvalue weighted by Crippen LogP contribution is -2.44. The molecule has 146 valence electrons. The van der Waals surface area contributed by atoms with E-state index in [1.54, 1.807) is 24.3 Å². The lowest BCUT2D eigenvalue weighted by Gasteiger charge is -2.34. The van der Waals surface area contributed by atoms with Crippen LogP contribution < -0.4 is 0 Å². The zero-order valence-corrected chi connectivity index (χ0v) is 15.8. The molecule has 28 heavy (non-hydrogen) atoms. The SMILES string of the molecule is COC(O)(c1ccccc1)C(O)CC(O)C(c1ccccc1)c1ccccc1. The van der Waals surface area contributed by atoms with Crippen LogP contribution in [0.4, 0.5) is 0 Å². The van der Waals surface area contributed by atoms with Gasteiger partial charge in [-0.25, -0.2) is 0 Å². The van der Waals surface area contributed by atoms with Crippen LogP contribution in [-0.4, -0.2) is 34.6 Å². The summed E-state index contributed by atoms with van der Waals surface area (Å²) >= 11 is 0. The van der Waals surface area contributed by atoms with Crippen molar-refractivity contribution in [2.45, 2.75) is 30.3 Å². The molecule has 4 heteroatoms. The van der Waals surface area contributed by atoms with Crippen LogP contribution in [0.1, 0.15) is 29.0 Å². The van der Waals surface area contributed by atoms with E-state index >= 15 is 0 Å². The van der Waals surface area contributed by atoms with E-state index in [-0.39, 0.29) is 12.3 Å². The highest BCUT2D eigenvalue weighted by Gasteiger charge is 2.40. The van der Waals surface area contributed by atoms with Crippen LogP contribution in [0, 0.1) is 0 Å². The summed E-state index contributed by atoms with van der Waals surface area (Å²) in [7, 11) is 1.34. The summed E-state index contributed by atoms with van der Waals surface area (Å²) in [6.45, 7) is 0. The number of methoxy groups -OCH3 is 1. The van der Waals surface area contributed by atoms with E-state index in [4.69, 9.17) is 4.74 Å². The van der Waals surface area contributed by atoms with Crippen LogP contribution >= 0.6 is 0 Å². The Hall–Kier alpha value is -2.50. The third-order valence-electron chi connectivity index (χ3n) is 5.12. The zero-order chi connectivity index (χ0) is 20.0. The van der Waals surface area contributed by atoms with Gasteiger partial charge in [0.2, 0.25) is 5.79 Å². The van der Waals surface area contributed by atoms with Gasteiger partial charge >= 0.3 is 0 Å². The van der Waals surface area contributed by atoms with E-state index in [0.717, 1.165) is 11.1 Å². The second-order valence-electron chi connectivity index (χ2n) is 6.88. The van der Waals surface area contributed by atoms with Gasteiger partial charge in [-0.15, -0.1) is 0 Å². The molecule has 4 nitrogen and oxygen atoms in total. The Bertz CT molecular complexity index is 799. The number of benzene rings is 3. The maximum atomic E-state index is 11.1. The van der Waals surface area contributed by atoms with Gasteiger partial charge in [0, 0.05) is 25.0 Å². The van der Waals surface area contributed by atoms with E-state index in [9.17, 15) is 15.3 Å². The van der Waals surface area contributed by atoms with Crippen LogP contribution in [0.3, 0.4) is 0 Å². The van der Waals surface area contributed by atoms with Crippen molar-refractivity contribution in [3.63, 3.8) is 0 Å². The molecule has 0 saturated carbocycles. The van der Waals surface area contributed by atoms with Gasteiger partial charge in [0.1, 0.15) is 6.10 Å². The number of ether oxygens (including phenoxy) is 1. The average molecular weight is 378 g/mol. The highest BCUT2D eigenvalue weighted by Crippen LogP contribution is 2.34. The summed E-state index contributed by atoms with van der Waals surface area (Å²) in [6, 6.07) is 28.1. The molecule has 3 unspecified atom stereocenters. The van der Waals surface area contributed by atoms with Crippen molar-refractivity contribution >= 4 is 0 Å². The molecule has 3 atom stereocenters. The Labute approximate surface area is 165 Å². The predicted octanol–water partition coefficient (Wildman–Crippen LogP) is 3.42. The molecule has 0 aliphatic heterocycles. The Morgan fingerprint density at radius 2 is 1.18 bits per heavy atom. The van der Waals surface area contributed by atoms with Gasteiger partial charge < -0.3 is 20.1 Å². The average Bonchev–Trinajstić information content (AvgIpc) is 2.75. The first-order valence-electron chi connectivity index (χ1n) is 9.35. The van der Waals surface area contributed by atoms with E-state index in [1.807, 2.05) is 66.7 Å². The van der Waals surface area contributed by atoms with Gasteiger partial charge in [0.15, 0.2) is 0 Å². The largest absolute Gasteiger partial charge is 0.392 e. The fourth-order valence-electron chi connectivity index (χ4n) is 3.61. The van der Waals surface area contributed by atoms with Crippen molar-refractivity contribution in [1.29, 1.82) is 0 Å². The molecule has 3 rings (SSSR count). The number of aliphatic hydroxyl groups is 3. The number of aliphatic hydroxyl groups excluding tert-OH is 2. The molecule has 3 aromatic rings. The Kier molecular flexibility index (Phi) is 6.60. The minimum absolute atomic E-state index is 0.0618. The molecule has 0 amide bonds. The quantitative estimate of drug-likeness (QED) is 0.525. The number of hydrogen-bond acceptors (Lipinski definition) is 4. The van der Waals surface area contributed by atoms with Crippen molar-refractivity contribution < 1.29 is 20.1 Å². The molecule has 0 spiro atoms. The van der Waals surface area contributed by atoms with Gasteiger partial charge in [0.05, 0.1) is 6.10 Å². The molecule has 0 aromatic heterocycles. The van der Waals surface area contributed by atoms with Crippen LogP contribution in [0.5, 0.6) is 0 Å². The lowest BCUT2D eigenvalue weighted by atomic mass is 9.83. The van der Waals surface area contributed by atoms with Crippen LogP contribution in [0.15, 0.2) is 91.0 Å². The minimum Gasteiger partial charge on any atom is -0.392 e. The third-order valence-corrected chi connectivity index (χ3v) is 5.12. The van der Waals surface area contributed by atoms with Gasteiger partial charge in [-0.3, -0.25) is 0 Å². The zero-order valence-electron chi connectivity index (χ0n) is 15.8. The fourth-order valence-corrected chi connectivity index (χ4v) is 3.61. The minimum atomic E-state index is -1.90. The van der Waals surface area contributed by atoms with Crippen molar-refractivity contribution in [3.05, 3.63) is 108 Å². The molecule has 0 aliphatic carbocycles. The summed E-state index contributed by atoms with van der Waals surface area (Å²) in [6.07, 6.45) is -2.30. The van der Waals surface area contributed by atoms with E-state index < -0.39 is 18.0 Å². The molecule has 0 fully saturated rings. The fraction of sp³-hybridized carbons (Fsp3) is 0.250. The monoisotopic (exact) mass is 378 g/mol. The highest BCUT2D eigenvalue weighted by atomic mass is 16.6. The second-order valence-corrected chi connectivity index (χ2v) is 6.88. The Morgan fingerprint density at radius 3 is 1.61 bits per heavy atom. The number of hydrogen-bond donors (Lipinski definition) is 3. The summed E-state index contributed by atoms with van der Waals surface area (Å²) in [4.78, 5) is 0.